The minimum absolute atomic E-state index is 0.0470. The molecule has 8 nitrogen and oxygen atoms in total. The Balaban J connectivity index is 1.78. The Bertz CT molecular complexity index is 889. The first-order valence-corrected chi connectivity index (χ1v) is 7.65. The van der Waals surface area contributed by atoms with Crippen molar-refractivity contribution in [3.63, 3.8) is 0 Å². The molecule has 0 unspecified atom stereocenters. The van der Waals surface area contributed by atoms with E-state index < -0.39 is 41.5 Å². The molecule has 0 aliphatic carbocycles. The van der Waals surface area contributed by atoms with E-state index >= 15 is 0 Å². The van der Waals surface area contributed by atoms with E-state index in [-0.39, 0.29) is 17.1 Å². The first kappa shape index (κ1) is 19.8. The number of hydrogen-bond donors (Lipinski definition) is 2. The Labute approximate surface area is 152 Å². The van der Waals surface area contributed by atoms with Crippen molar-refractivity contribution in [3.05, 3.63) is 63.7 Å². The number of anilines is 1. The van der Waals surface area contributed by atoms with Gasteiger partial charge in [-0.3, -0.25) is 19.7 Å². The molecule has 0 fully saturated rings. The number of benzene rings is 2. The number of nitrogens with one attached hydrogen (secondary N) is 2. The summed E-state index contributed by atoms with van der Waals surface area (Å²) in [7, 11) is 0. The third-order valence-corrected chi connectivity index (χ3v) is 3.38. The van der Waals surface area contributed by atoms with Gasteiger partial charge in [-0.2, -0.15) is 0 Å². The van der Waals surface area contributed by atoms with E-state index in [0.29, 0.717) is 5.56 Å². The van der Waals surface area contributed by atoms with Crippen LogP contribution in [-0.2, 0) is 9.59 Å². The topological polar surface area (TPSA) is 111 Å². The van der Waals surface area contributed by atoms with Crippen LogP contribution in [0.3, 0.4) is 0 Å². The van der Waals surface area contributed by atoms with Crippen LogP contribution in [0.1, 0.15) is 5.56 Å². The zero-order valence-corrected chi connectivity index (χ0v) is 14.1. The van der Waals surface area contributed by atoms with Crippen molar-refractivity contribution in [2.24, 2.45) is 0 Å². The molecule has 0 aliphatic heterocycles. The number of aryl methyl sites for hydroxylation is 1. The number of rotatable bonds is 7. The molecule has 0 heterocycles. The van der Waals surface area contributed by atoms with Gasteiger partial charge in [-0.05, 0) is 31.2 Å². The summed E-state index contributed by atoms with van der Waals surface area (Å²) in [5.74, 6) is -3.13. The molecule has 2 N–H and O–H groups in total. The molecular formula is C17H15F2N3O5. The van der Waals surface area contributed by atoms with Gasteiger partial charge >= 0.3 is 0 Å². The fourth-order valence-corrected chi connectivity index (χ4v) is 2.08. The summed E-state index contributed by atoms with van der Waals surface area (Å²) in [6.07, 6.45) is 0. The maximum atomic E-state index is 13.1. The molecule has 10 heteroatoms. The number of nitro benzene ring substituents is 1. The Morgan fingerprint density at radius 1 is 1.11 bits per heavy atom. The maximum Gasteiger partial charge on any atom is 0.272 e. The van der Waals surface area contributed by atoms with Crippen molar-refractivity contribution in [2.75, 3.05) is 18.5 Å². The van der Waals surface area contributed by atoms with Gasteiger partial charge < -0.3 is 15.4 Å². The van der Waals surface area contributed by atoms with Crippen LogP contribution in [-0.4, -0.2) is 29.9 Å². The normalized spacial score (nSPS) is 10.2. The summed E-state index contributed by atoms with van der Waals surface area (Å²) in [6, 6.07) is 6.89. The average Bonchev–Trinajstić information content (AvgIpc) is 2.61. The summed E-state index contributed by atoms with van der Waals surface area (Å²) in [5, 5.41) is 15.3. The van der Waals surface area contributed by atoms with Crippen LogP contribution in [0.15, 0.2) is 36.4 Å². The fraction of sp³-hybridized carbons (Fsp3) is 0.176. The van der Waals surface area contributed by atoms with Gasteiger partial charge in [-0.1, -0.05) is 0 Å². The zero-order chi connectivity index (χ0) is 20.0. The predicted octanol–water partition coefficient (Wildman–Crippen LogP) is 2.32. The molecule has 27 heavy (non-hydrogen) atoms. The highest BCUT2D eigenvalue weighted by atomic mass is 19.2. The number of nitrogens with zero attached hydrogens (tertiary/aromatic N) is 1. The van der Waals surface area contributed by atoms with E-state index in [4.69, 9.17) is 4.74 Å². The molecule has 0 spiro atoms. The van der Waals surface area contributed by atoms with Crippen LogP contribution in [0, 0.1) is 28.7 Å². The van der Waals surface area contributed by atoms with E-state index in [1.807, 2.05) is 0 Å². The lowest BCUT2D eigenvalue weighted by atomic mass is 10.2. The number of amides is 2. The van der Waals surface area contributed by atoms with Gasteiger partial charge in [0.2, 0.25) is 5.91 Å². The Hall–Kier alpha value is -3.56. The molecule has 0 saturated heterocycles. The number of nitro groups is 1. The van der Waals surface area contributed by atoms with Crippen molar-refractivity contribution in [1.82, 2.24) is 5.32 Å². The van der Waals surface area contributed by atoms with Gasteiger partial charge in [0, 0.05) is 23.4 Å². The quantitative estimate of drug-likeness (QED) is 0.567. The molecule has 0 atom stereocenters. The second-order valence-corrected chi connectivity index (χ2v) is 5.45. The summed E-state index contributed by atoms with van der Waals surface area (Å²) in [6.45, 7) is 0.726. The second-order valence-electron chi connectivity index (χ2n) is 5.45. The molecule has 0 saturated carbocycles. The monoisotopic (exact) mass is 379 g/mol. The highest BCUT2D eigenvalue weighted by Crippen LogP contribution is 2.22. The van der Waals surface area contributed by atoms with E-state index in [9.17, 15) is 28.5 Å². The number of ether oxygens (including phenoxy) is 1. The van der Waals surface area contributed by atoms with E-state index in [0.717, 1.165) is 12.1 Å². The summed E-state index contributed by atoms with van der Waals surface area (Å²) < 4.78 is 31.1. The van der Waals surface area contributed by atoms with Crippen LogP contribution in [0.5, 0.6) is 5.75 Å². The zero-order valence-electron chi connectivity index (χ0n) is 14.1. The first-order valence-electron chi connectivity index (χ1n) is 7.65. The Morgan fingerprint density at radius 3 is 2.48 bits per heavy atom. The Morgan fingerprint density at radius 2 is 1.85 bits per heavy atom. The van der Waals surface area contributed by atoms with Crippen LogP contribution in [0.4, 0.5) is 20.2 Å². The molecule has 0 aromatic heterocycles. The van der Waals surface area contributed by atoms with Crippen LogP contribution < -0.4 is 15.4 Å². The number of halogens is 2. The third-order valence-electron chi connectivity index (χ3n) is 3.38. The SMILES string of the molecule is Cc1cc(OCC(=O)NCC(=O)Nc2ccc(F)c(F)c2)ccc1[N+](=O)[O-]. The van der Waals surface area contributed by atoms with Gasteiger partial charge in [-0.25, -0.2) is 8.78 Å². The predicted molar refractivity (Wildman–Crippen MR) is 91.3 cm³/mol. The largest absolute Gasteiger partial charge is 0.484 e. The lowest BCUT2D eigenvalue weighted by Crippen LogP contribution is -2.35. The summed E-state index contributed by atoms with van der Waals surface area (Å²) >= 11 is 0. The standard InChI is InChI=1S/C17H15F2N3O5/c1-10-6-12(3-5-15(10)22(25)26)27-9-17(24)20-8-16(23)21-11-2-4-13(18)14(19)7-11/h2-7H,8-9H2,1H3,(H,20,24)(H,21,23). The van der Waals surface area contributed by atoms with Crippen molar-refractivity contribution in [2.45, 2.75) is 6.92 Å². The van der Waals surface area contributed by atoms with Gasteiger partial charge in [0.1, 0.15) is 5.75 Å². The first-order chi connectivity index (χ1) is 12.8. The van der Waals surface area contributed by atoms with Crippen molar-refractivity contribution < 1.29 is 28.0 Å². The average molecular weight is 379 g/mol. The van der Waals surface area contributed by atoms with E-state index in [1.165, 1.54) is 31.2 Å². The van der Waals surface area contributed by atoms with Crippen molar-refractivity contribution in [3.8, 4) is 5.75 Å². The van der Waals surface area contributed by atoms with E-state index in [2.05, 4.69) is 10.6 Å². The number of hydrogen-bond acceptors (Lipinski definition) is 5. The second kappa shape index (κ2) is 8.70. The molecule has 2 aromatic rings. The van der Waals surface area contributed by atoms with Crippen molar-refractivity contribution >= 4 is 23.2 Å². The van der Waals surface area contributed by atoms with Gasteiger partial charge in [-0.15, -0.1) is 0 Å². The van der Waals surface area contributed by atoms with Crippen LogP contribution in [0.2, 0.25) is 0 Å². The third kappa shape index (κ3) is 5.73. The van der Waals surface area contributed by atoms with Crippen LogP contribution in [0.25, 0.3) is 0 Å². The van der Waals surface area contributed by atoms with Gasteiger partial charge in [0.05, 0.1) is 11.5 Å². The maximum absolute atomic E-state index is 13.1. The van der Waals surface area contributed by atoms with Gasteiger partial charge in [0.15, 0.2) is 18.2 Å². The molecule has 2 rings (SSSR count). The van der Waals surface area contributed by atoms with E-state index in [1.54, 1.807) is 0 Å². The molecule has 0 aliphatic rings. The van der Waals surface area contributed by atoms with Gasteiger partial charge in [0.25, 0.3) is 11.6 Å². The minimum Gasteiger partial charge on any atom is -0.484 e. The minimum atomic E-state index is -1.11. The summed E-state index contributed by atoms with van der Waals surface area (Å²) in [5.41, 5.74) is 0.357. The highest BCUT2D eigenvalue weighted by Gasteiger charge is 2.12. The lowest BCUT2D eigenvalue weighted by molar-refractivity contribution is -0.385. The number of carbonyl (C=O) groups is 2. The lowest BCUT2D eigenvalue weighted by Gasteiger charge is -2.09. The molecule has 142 valence electrons. The number of carbonyl (C=O) groups excluding carboxylic acids is 2. The molecule has 0 bridgehead atoms. The molecule has 2 aromatic carbocycles. The molecule has 2 amide bonds. The Kier molecular flexibility index (Phi) is 6.36. The molecule has 0 radical (unpaired) electrons. The molecular weight excluding hydrogens is 364 g/mol. The smallest absolute Gasteiger partial charge is 0.272 e. The highest BCUT2D eigenvalue weighted by molar-refractivity contribution is 5.94. The van der Waals surface area contributed by atoms with Crippen molar-refractivity contribution in [1.29, 1.82) is 0 Å². The summed E-state index contributed by atoms with van der Waals surface area (Å²) in [4.78, 5) is 33.6. The fourth-order valence-electron chi connectivity index (χ4n) is 2.08. The van der Waals surface area contributed by atoms with Crippen LogP contribution >= 0.6 is 0 Å².